The summed E-state index contributed by atoms with van der Waals surface area (Å²) >= 11 is 0. The first kappa shape index (κ1) is 10.9. The second-order valence-corrected chi connectivity index (χ2v) is 5.09. The molecule has 2 N–H and O–H groups in total. The minimum Gasteiger partial charge on any atom is -0.328 e. The lowest BCUT2D eigenvalue weighted by Gasteiger charge is -2.25. The zero-order valence-electron chi connectivity index (χ0n) is 9.32. The molecule has 0 atom stereocenters. The third-order valence-corrected chi connectivity index (χ3v) is 3.82. The lowest BCUT2D eigenvalue weighted by atomic mass is 9.81. The van der Waals surface area contributed by atoms with Gasteiger partial charge in [0.05, 0.1) is 0 Å². The molecule has 0 aliphatic heterocycles. The van der Waals surface area contributed by atoms with Crippen LogP contribution in [-0.4, -0.2) is 11.8 Å². The van der Waals surface area contributed by atoms with Crippen LogP contribution in [0, 0.1) is 11.8 Å². The van der Waals surface area contributed by atoms with Crippen molar-refractivity contribution in [3.05, 3.63) is 12.2 Å². The molecular weight excluding hydrogens is 186 g/mol. The van der Waals surface area contributed by atoms with Gasteiger partial charge >= 0.3 is 0 Å². The predicted octanol–water partition coefficient (Wildman–Crippen LogP) is 2.43. The molecule has 1 fully saturated rings. The van der Waals surface area contributed by atoms with Crippen molar-refractivity contribution in [3.63, 3.8) is 0 Å². The summed E-state index contributed by atoms with van der Waals surface area (Å²) in [6.45, 7) is 0. The second-order valence-electron chi connectivity index (χ2n) is 5.09. The molecule has 0 aromatic heterocycles. The van der Waals surface area contributed by atoms with Gasteiger partial charge in [-0.05, 0) is 44.4 Å². The quantitative estimate of drug-likeness (QED) is 0.722. The number of rotatable bonds is 3. The number of nitrogens with two attached hydrogens (primary N) is 1. The maximum Gasteiger partial charge on any atom is 0.136 e. The minimum atomic E-state index is 0.324. The Morgan fingerprint density at radius 3 is 2.33 bits per heavy atom. The van der Waals surface area contributed by atoms with Gasteiger partial charge in [-0.15, -0.1) is 0 Å². The van der Waals surface area contributed by atoms with Gasteiger partial charge in [0.1, 0.15) is 5.78 Å². The Balaban J connectivity index is 1.75. The van der Waals surface area contributed by atoms with Crippen LogP contribution in [0.1, 0.15) is 44.9 Å². The van der Waals surface area contributed by atoms with Gasteiger partial charge in [-0.25, -0.2) is 0 Å². The summed E-state index contributed by atoms with van der Waals surface area (Å²) in [5.41, 5.74) is 5.84. The van der Waals surface area contributed by atoms with Gasteiger partial charge in [0.2, 0.25) is 0 Å². The summed E-state index contributed by atoms with van der Waals surface area (Å²) in [6.07, 6.45) is 11.6. The molecule has 0 aromatic carbocycles. The average Bonchev–Trinajstić information content (AvgIpc) is 2.71. The molecule has 0 saturated heterocycles. The fourth-order valence-corrected chi connectivity index (χ4v) is 2.73. The number of carbonyl (C=O) groups is 1. The summed E-state index contributed by atoms with van der Waals surface area (Å²) in [4.78, 5) is 12.0. The van der Waals surface area contributed by atoms with E-state index in [4.69, 9.17) is 5.73 Å². The molecule has 2 aliphatic rings. The monoisotopic (exact) mass is 207 g/mol. The van der Waals surface area contributed by atoms with Crippen LogP contribution < -0.4 is 5.73 Å². The maximum atomic E-state index is 12.0. The molecule has 84 valence electrons. The van der Waals surface area contributed by atoms with Crippen molar-refractivity contribution < 1.29 is 4.79 Å². The molecule has 2 aliphatic carbocycles. The van der Waals surface area contributed by atoms with Gasteiger partial charge in [0.15, 0.2) is 0 Å². The van der Waals surface area contributed by atoms with E-state index in [2.05, 4.69) is 12.2 Å². The molecule has 0 heterocycles. The van der Waals surface area contributed by atoms with E-state index in [1.807, 2.05) is 0 Å². The predicted molar refractivity (Wildman–Crippen MR) is 61.4 cm³/mol. The number of ketones is 1. The number of allylic oxidation sites excluding steroid dienone is 2. The molecule has 15 heavy (non-hydrogen) atoms. The van der Waals surface area contributed by atoms with Gasteiger partial charge in [0, 0.05) is 18.4 Å². The van der Waals surface area contributed by atoms with E-state index in [1.165, 1.54) is 0 Å². The summed E-state index contributed by atoms with van der Waals surface area (Å²) in [5, 5.41) is 0. The Labute approximate surface area is 91.9 Å². The van der Waals surface area contributed by atoms with Crippen molar-refractivity contribution in [2.75, 3.05) is 0 Å². The Morgan fingerprint density at radius 1 is 1.13 bits per heavy atom. The fraction of sp³-hybridized carbons (Fsp3) is 0.769. The first-order chi connectivity index (χ1) is 7.25. The molecule has 1 saturated carbocycles. The SMILES string of the molecule is NC1CCC(C(=O)CC2CC=CC2)CC1. The molecule has 0 radical (unpaired) electrons. The molecule has 2 nitrogen and oxygen atoms in total. The maximum absolute atomic E-state index is 12.0. The van der Waals surface area contributed by atoms with Crippen LogP contribution in [0.2, 0.25) is 0 Å². The van der Waals surface area contributed by atoms with E-state index in [-0.39, 0.29) is 0 Å². The van der Waals surface area contributed by atoms with Crippen LogP contribution in [-0.2, 0) is 4.79 Å². The molecular formula is C13H21NO. The number of carbonyl (C=O) groups excluding carboxylic acids is 1. The van der Waals surface area contributed by atoms with Crippen molar-refractivity contribution >= 4 is 5.78 Å². The van der Waals surface area contributed by atoms with Crippen LogP contribution >= 0.6 is 0 Å². The van der Waals surface area contributed by atoms with Crippen molar-refractivity contribution in [3.8, 4) is 0 Å². The first-order valence-corrected chi connectivity index (χ1v) is 6.19. The van der Waals surface area contributed by atoms with Gasteiger partial charge in [-0.1, -0.05) is 12.2 Å². The third kappa shape index (κ3) is 2.91. The summed E-state index contributed by atoms with van der Waals surface area (Å²) in [5.74, 6) is 1.43. The zero-order valence-corrected chi connectivity index (χ0v) is 9.32. The highest BCUT2D eigenvalue weighted by Gasteiger charge is 2.26. The Bertz CT molecular complexity index is 243. The number of hydrogen-bond acceptors (Lipinski definition) is 2. The standard InChI is InChI=1S/C13H21NO/c14-12-7-5-11(6-8-12)13(15)9-10-3-1-2-4-10/h1-2,10-12H,3-9,14H2. The molecule has 0 unspecified atom stereocenters. The molecule has 2 rings (SSSR count). The van der Waals surface area contributed by atoms with E-state index >= 15 is 0 Å². The lowest BCUT2D eigenvalue weighted by molar-refractivity contribution is -0.124. The van der Waals surface area contributed by atoms with Crippen LogP contribution in [0.3, 0.4) is 0 Å². The van der Waals surface area contributed by atoms with Crippen molar-refractivity contribution in [2.45, 2.75) is 51.0 Å². The summed E-state index contributed by atoms with van der Waals surface area (Å²) < 4.78 is 0. The van der Waals surface area contributed by atoms with E-state index in [0.29, 0.717) is 23.7 Å². The van der Waals surface area contributed by atoms with Crippen LogP contribution in [0.5, 0.6) is 0 Å². The van der Waals surface area contributed by atoms with Crippen LogP contribution in [0.4, 0.5) is 0 Å². The second kappa shape index (κ2) is 4.93. The first-order valence-electron chi connectivity index (χ1n) is 6.19. The largest absolute Gasteiger partial charge is 0.328 e. The molecule has 0 aromatic rings. The van der Waals surface area contributed by atoms with E-state index < -0.39 is 0 Å². The highest BCUT2D eigenvalue weighted by molar-refractivity contribution is 5.81. The highest BCUT2D eigenvalue weighted by atomic mass is 16.1. The molecule has 0 amide bonds. The van der Waals surface area contributed by atoms with E-state index in [9.17, 15) is 4.79 Å². The van der Waals surface area contributed by atoms with Crippen molar-refractivity contribution in [1.82, 2.24) is 0 Å². The van der Waals surface area contributed by atoms with Gasteiger partial charge < -0.3 is 5.73 Å². The van der Waals surface area contributed by atoms with E-state index in [0.717, 1.165) is 44.9 Å². The molecule has 2 heteroatoms. The summed E-state index contributed by atoms with van der Waals surface area (Å²) in [7, 11) is 0. The van der Waals surface area contributed by atoms with Crippen LogP contribution in [0.25, 0.3) is 0 Å². The summed E-state index contributed by atoms with van der Waals surface area (Å²) in [6, 6.07) is 0.349. The number of Topliss-reactive ketones (excluding diaryl/α,β-unsaturated/α-hetero) is 1. The lowest BCUT2D eigenvalue weighted by Crippen LogP contribution is -2.30. The van der Waals surface area contributed by atoms with Gasteiger partial charge in [-0.2, -0.15) is 0 Å². The normalized spacial score (nSPS) is 32.1. The smallest absolute Gasteiger partial charge is 0.136 e. The Morgan fingerprint density at radius 2 is 1.73 bits per heavy atom. The average molecular weight is 207 g/mol. The van der Waals surface area contributed by atoms with Crippen LogP contribution in [0.15, 0.2) is 12.2 Å². The third-order valence-electron chi connectivity index (χ3n) is 3.82. The van der Waals surface area contributed by atoms with Crippen molar-refractivity contribution in [1.29, 1.82) is 0 Å². The molecule has 0 bridgehead atoms. The molecule has 0 spiro atoms. The minimum absolute atomic E-state index is 0.324. The number of hydrogen-bond donors (Lipinski definition) is 1. The fourth-order valence-electron chi connectivity index (χ4n) is 2.73. The Hall–Kier alpha value is -0.630. The van der Waals surface area contributed by atoms with Gasteiger partial charge in [0.25, 0.3) is 0 Å². The van der Waals surface area contributed by atoms with E-state index in [1.54, 1.807) is 0 Å². The Kier molecular flexibility index (Phi) is 3.57. The zero-order chi connectivity index (χ0) is 10.7. The van der Waals surface area contributed by atoms with Gasteiger partial charge in [-0.3, -0.25) is 4.79 Å². The topological polar surface area (TPSA) is 43.1 Å². The highest BCUT2D eigenvalue weighted by Crippen LogP contribution is 2.29. The van der Waals surface area contributed by atoms with Crippen molar-refractivity contribution in [2.24, 2.45) is 17.6 Å².